The SMILES string of the molecule is COc1ccc(Br)cc1C=CC(=O)Nc1cccc(-c2nc3ccccc3s2)c1. The fourth-order valence-electron chi connectivity index (χ4n) is 2.91. The van der Waals surface area contributed by atoms with Gasteiger partial charge in [0, 0.05) is 27.4 Å². The molecule has 0 radical (unpaired) electrons. The largest absolute Gasteiger partial charge is 0.496 e. The Morgan fingerprint density at radius 1 is 1.10 bits per heavy atom. The minimum Gasteiger partial charge on any atom is -0.496 e. The van der Waals surface area contributed by atoms with Crippen molar-refractivity contribution >= 4 is 55.2 Å². The summed E-state index contributed by atoms with van der Waals surface area (Å²) in [4.78, 5) is 17.1. The lowest BCUT2D eigenvalue weighted by Crippen LogP contribution is -2.07. The average molecular weight is 465 g/mol. The molecule has 0 unspecified atom stereocenters. The molecular weight excluding hydrogens is 448 g/mol. The van der Waals surface area contributed by atoms with E-state index in [0.29, 0.717) is 5.75 Å². The first kappa shape index (κ1) is 19.4. The number of anilines is 1. The molecule has 0 bridgehead atoms. The molecular formula is C23H17BrN2O2S. The van der Waals surface area contributed by atoms with Crippen LogP contribution in [0.5, 0.6) is 5.75 Å². The van der Waals surface area contributed by atoms with Gasteiger partial charge in [-0.25, -0.2) is 4.98 Å². The molecule has 0 aliphatic rings. The Balaban J connectivity index is 1.52. The van der Waals surface area contributed by atoms with Crippen LogP contribution in [0.25, 0.3) is 26.9 Å². The number of benzene rings is 3. The molecule has 0 aliphatic carbocycles. The Bertz CT molecular complexity index is 1180. The highest BCUT2D eigenvalue weighted by atomic mass is 79.9. The lowest BCUT2D eigenvalue weighted by molar-refractivity contribution is -0.111. The summed E-state index contributed by atoms with van der Waals surface area (Å²) in [6.45, 7) is 0. The number of methoxy groups -OCH3 is 1. The van der Waals surface area contributed by atoms with Gasteiger partial charge in [-0.3, -0.25) is 4.79 Å². The van der Waals surface area contributed by atoms with Crippen LogP contribution in [0.2, 0.25) is 0 Å². The molecule has 29 heavy (non-hydrogen) atoms. The standard InChI is InChI=1S/C23H17BrN2O2S/c1-28-20-11-10-17(24)13-15(20)9-12-22(27)25-18-6-4-5-16(14-18)23-26-19-7-2-3-8-21(19)29-23/h2-14H,1H3,(H,25,27). The summed E-state index contributed by atoms with van der Waals surface area (Å²) in [5.74, 6) is 0.489. The molecule has 4 aromatic rings. The summed E-state index contributed by atoms with van der Waals surface area (Å²) in [5, 5.41) is 3.83. The molecule has 4 nitrogen and oxygen atoms in total. The van der Waals surface area contributed by atoms with Gasteiger partial charge in [0.15, 0.2) is 0 Å². The number of carbonyl (C=O) groups excluding carboxylic acids is 1. The molecule has 0 fully saturated rings. The number of nitrogens with one attached hydrogen (secondary N) is 1. The second-order valence-electron chi connectivity index (χ2n) is 6.28. The third kappa shape index (κ3) is 4.55. The lowest BCUT2D eigenvalue weighted by atomic mass is 10.2. The number of fused-ring (bicyclic) bond motifs is 1. The summed E-state index contributed by atoms with van der Waals surface area (Å²) >= 11 is 5.07. The second-order valence-corrected chi connectivity index (χ2v) is 8.22. The number of halogens is 1. The van der Waals surface area contributed by atoms with Crippen LogP contribution in [0, 0.1) is 0 Å². The highest BCUT2D eigenvalue weighted by Gasteiger charge is 2.07. The van der Waals surface area contributed by atoms with Crippen LogP contribution in [-0.4, -0.2) is 18.0 Å². The fourth-order valence-corrected chi connectivity index (χ4v) is 4.25. The van der Waals surface area contributed by atoms with Crippen molar-refractivity contribution in [2.75, 3.05) is 12.4 Å². The molecule has 1 aromatic heterocycles. The van der Waals surface area contributed by atoms with Crippen molar-refractivity contribution in [1.82, 2.24) is 4.98 Å². The van der Waals surface area contributed by atoms with E-state index in [1.54, 1.807) is 24.5 Å². The summed E-state index contributed by atoms with van der Waals surface area (Å²) < 4.78 is 7.39. The molecule has 0 spiro atoms. The molecule has 144 valence electrons. The summed E-state index contributed by atoms with van der Waals surface area (Å²) in [7, 11) is 1.61. The highest BCUT2D eigenvalue weighted by Crippen LogP contribution is 2.31. The van der Waals surface area contributed by atoms with Gasteiger partial charge in [0.2, 0.25) is 5.91 Å². The van der Waals surface area contributed by atoms with E-state index in [9.17, 15) is 4.79 Å². The van der Waals surface area contributed by atoms with E-state index < -0.39 is 0 Å². The van der Waals surface area contributed by atoms with E-state index in [0.717, 1.165) is 36.5 Å². The Morgan fingerprint density at radius 2 is 1.97 bits per heavy atom. The molecule has 1 amide bonds. The third-order valence-electron chi connectivity index (χ3n) is 4.28. The number of carbonyl (C=O) groups is 1. The van der Waals surface area contributed by atoms with Gasteiger partial charge < -0.3 is 10.1 Å². The maximum Gasteiger partial charge on any atom is 0.248 e. The van der Waals surface area contributed by atoms with Crippen molar-refractivity contribution < 1.29 is 9.53 Å². The Labute approximate surface area is 181 Å². The minimum absolute atomic E-state index is 0.214. The Hall–Kier alpha value is -2.96. The Kier molecular flexibility index (Phi) is 5.74. The zero-order valence-electron chi connectivity index (χ0n) is 15.6. The zero-order valence-corrected chi connectivity index (χ0v) is 18.0. The molecule has 3 aromatic carbocycles. The summed E-state index contributed by atoms with van der Waals surface area (Å²) in [5.41, 5.74) is 3.49. The topological polar surface area (TPSA) is 51.2 Å². The van der Waals surface area contributed by atoms with E-state index in [4.69, 9.17) is 4.74 Å². The number of para-hydroxylation sites is 1. The number of aromatic nitrogens is 1. The van der Waals surface area contributed by atoms with Crippen molar-refractivity contribution in [3.05, 3.63) is 82.8 Å². The quantitative estimate of drug-likeness (QED) is 0.348. The predicted octanol–water partition coefficient (Wildman–Crippen LogP) is 6.39. The van der Waals surface area contributed by atoms with Crippen LogP contribution in [-0.2, 0) is 4.79 Å². The van der Waals surface area contributed by atoms with Gasteiger partial charge in [-0.2, -0.15) is 0 Å². The predicted molar refractivity (Wildman–Crippen MR) is 123 cm³/mol. The van der Waals surface area contributed by atoms with Crippen LogP contribution in [0.1, 0.15) is 5.56 Å². The number of ether oxygens (including phenoxy) is 1. The van der Waals surface area contributed by atoms with Gasteiger partial charge in [-0.1, -0.05) is 40.2 Å². The van der Waals surface area contributed by atoms with E-state index in [-0.39, 0.29) is 5.91 Å². The van der Waals surface area contributed by atoms with Gasteiger partial charge in [0.25, 0.3) is 0 Å². The number of hydrogen-bond donors (Lipinski definition) is 1. The molecule has 0 aliphatic heterocycles. The van der Waals surface area contributed by atoms with Crippen LogP contribution in [0.4, 0.5) is 5.69 Å². The number of thiazole rings is 1. The van der Waals surface area contributed by atoms with Gasteiger partial charge in [-0.15, -0.1) is 11.3 Å². The number of nitrogens with zero attached hydrogens (tertiary/aromatic N) is 1. The summed E-state index contributed by atoms with van der Waals surface area (Å²) in [6.07, 6.45) is 3.23. The molecule has 1 heterocycles. The van der Waals surface area contributed by atoms with E-state index in [1.165, 1.54) is 6.08 Å². The molecule has 0 saturated carbocycles. The smallest absolute Gasteiger partial charge is 0.248 e. The Morgan fingerprint density at radius 3 is 2.79 bits per heavy atom. The molecule has 0 saturated heterocycles. The molecule has 6 heteroatoms. The highest BCUT2D eigenvalue weighted by molar-refractivity contribution is 9.10. The van der Waals surface area contributed by atoms with Crippen molar-refractivity contribution in [2.45, 2.75) is 0 Å². The molecule has 1 N–H and O–H groups in total. The number of hydrogen-bond acceptors (Lipinski definition) is 4. The lowest BCUT2D eigenvalue weighted by Gasteiger charge is -2.06. The van der Waals surface area contributed by atoms with Crippen LogP contribution in [0.3, 0.4) is 0 Å². The minimum atomic E-state index is -0.214. The first-order valence-corrected chi connectivity index (χ1v) is 10.5. The zero-order chi connectivity index (χ0) is 20.2. The van der Waals surface area contributed by atoms with Gasteiger partial charge in [-0.05, 0) is 48.5 Å². The van der Waals surface area contributed by atoms with Crippen molar-refractivity contribution in [1.29, 1.82) is 0 Å². The average Bonchev–Trinajstić information content (AvgIpc) is 3.17. The van der Waals surface area contributed by atoms with Crippen molar-refractivity contribution in [3.8, 4) is 16.3 Å². The van der Waals surface area contributed by atoms with Crippen LogP contribution >= 0.6 is 27.3 Å². The van der Waals surface area contributed by atoms with E-state index in [1.807, 2.05) is 60.7 Å². The third-order valence-corrected chi connectivity index (χ3v) is 5.86. The first-order chi connectivity index (χ1) is 14.1. The van der Waals surface area contributed by atoms with E-state index >= 15 is 0 Å². The maximum absolute atomic E-state index is 12.4. The molecule has 0 atom stereocenters. The van der Waals surface area contributed by atoms with Gasteiger partial charge in [0.1, 0.15) is 10.8 Å². The molecule has 4 rings (SSSR count). The summed E-state index contributed by atoms with van der Waals surface area (Å²) in [6, 6.07) is 21.4. The van der Waals surface area contributed by atoms with Crippen molar-refractivity contribution in [3.63, 3.8) is 0 Å². The number of amides is 1. The fraction of sp³-hybridized carbons (Fsp3) is 0.0435. The van der Waals surface area contributed by atoms with Crippen LogP contribution < -0.4 is 10.1 Å². The van der Waals surface area contributed by atoms with Gasteiger partial charge >= 0.3 is 0 Å². The normalized spacial score (nSPS) is 11.1. The van der Waals surface area contributed by atoms with Crippen molar-refractivity contribution in [2.24, 2.45) is 0 Å². The first-order valence-electron chi connectivity index (χ1n) is 8.91. The maximum atomic E-state index is 12.4. The van der Waals surface area contributed by atoms with E-state index in [2.05, 4.69) is 32.3 Å². The van der Waals surface area contributed by atoms with Crippen LogP contribution in [0.15, 0.2) is 77.3 Å². The van der Waals surface area contributed by atoms with Gasteiger partial charge in [0.05, 0.1) is 17.3 Å². The second kappa shape index (κ2) is 8.59. The number of rotatable bonds is 5. The monoisotopic (exact) mass is 464 g/mol.